The quantitative estimate of drug-likeness (QED) is 0.0580. The summed E-state index contributed by atoms with van der Waals surface area (Å²) in [4.78, 5) is 34.1. The lowest BCUT2D eigenvalue weighted by Crippen LogP contribution is -2.50. The Balaban J connectivity index is 1.05. The van der Waals surface area contributed by atoms with Gasteiger partial charge in [-0.1, -0.05) is 121 Å². The van der Waals surface area contributed by atoms with Crippen LogP contribution in [-0.2, 0) is 39.2 Å². The zero-order valence-electron chi connectivity index (χ0n) is 37.4. The Hall–Kier alpha value is -6.14. The second kappa shape index (κ2) is 20.4. The first-order valence-corrected chi connectivity index (χ1v) is 23.7. The molecule has 2 atom stereocenters. The van der Waals surface area contributed by atoms with Crippen molar-refractivity contribution < 1.29 is 38.1 Å². The van der Waals surface area contributed by atoms with Crippen LogP contribution in [0.4, 0.5) is 5.69 Å². The highest BCUT2D eigenvalue weighted by Crippen LogP contribution is 2.33. The summed E-state index contributed by atoms with van der Waals surface area (Å²) < 4.78 is 30.8. The normalized spacial score (nSPS) is 15.2. The molecule has 1 aliphatic rings. The number of nitrogens with one attached hydrogen (secondary N) is 1. The molecule has 1 heterocycles. The molecule has 344 valence electrons. The molecule has 8 rings (SSSR count). The number of hydrogen-bond acceptors (Lipinski definition) is 11. The van der Waals surface area contributed by atoms with Crippen LogP contribution in [0.1, 0.15) is 23.1 Å². The standard InChI is InChI=1S/C50H54B2N6O8S/c1-55(2)46-23-11-20-42-41(46)19-12-24-48(42)67(65,66)57(30-37-16-6-10-22-45(37)52(63)64)33-49(59)58-31-38(53)28-47(58)50(60)54-25-26-56(29-36-15-5-9-21-44(36)51(61)62)32-43-39-17-7-3-13-34(39)27-35-14-4-8-18-40(35)43/h3-24,27,38,47,61-64H,25-26,28-33,53H2,1-2H3,(H,54,60)/t38-,47-/m0/s1. The zero-order chi connectivity index (χ0) is 47.4. The van der Waals surface area contributed by atoms with E-state index in [1.54, 1.807) is 48.5 Å². The number of carbonyl (C=O) groups is 2. The molecule has 67 heavy (non-hydrogen) atoms. The molecule has 1 saturated heterocycles. The number of rotatable bonds is 17. The predicted molar refractivity (Wildman–Crippen MR) is 265 cm³/mol. The van der Waals surface area contributed by atoms with Crippen LogP contribution in [0.15, 0.2) is 144 Å². The maximum absolute atomic E-state index is 14.9. The van der Waals surface area contributed by atoms with Gasteiger partial charge in [-0.3, -0.25) is 14.5 Å². The minimum absolute atomic E-state index is 0.0117. The molecule has 0 aliphatic carbocycles. The minimum Gasteiger partial charge on any atom is -0.423 e. The lowest BCUT2D eigenvalue weighted by atomic mass is 9.77. The number of nitrogens with two attached hydrogens (primary N) is 1. The van der Waals surface area contributed by atoms with Gasteiger partial charge in [-0.15, -0.1) is 0 Å². The average molecular weight is 921 g/mol. The fourth-order valence-electron chi connectivity index (χ4n) is 9.34. The number of likely N-dealkylation sites (tertiary alicyclic amines) is 1. The third kappa shape index (κ3) is 10.2. The maximum atomic E-state index is 14.9. The molecule has 0 saturated carbocycles. The maximum Gasteiger partial charge on any atom is 0.488 e. The van der Waals surface area contributed by atoms with Crippen molar-refractivity contribution in [3.05, 3.63) is 156 Å². The van der Waals surface area contributed by atoms with Crippen LogP contribution < -0.4 is 26.9 Å². The summed E-state index contributed by atoms with van der Waals surface area (Å²) in [6.45, 7) is 0.263. The van der Waals surface area contributed by atoms with Crippen LogP contribution >= 0.6 is 0 Å². The lowest BCUT2D eigenvalue weighted by molar-refractivity contribution is -0.138. The summed E-state index contributed by atoms with van der Waals surface area (Å²) in [6.07, 6.45) is 0.147. The molecule has 0 bridgehead atoms. The first-order chi connectivity index (χ1) is 32.2. The molecule has 7 aromatic rings. The van der Waals surface area contributed by atoms with Gasteiger partial charge in [0.05, 0.1) is 11.4 Å². The van der Waals surface area contributed by atoms with E-state index in [0.29, 0.717) is 41.4 Å². The first kappa shape index (κ1) is 47.4. The third-order valence-corrected chi connectivity index (χ3v) is 14.5. The SMILES string of the molecule is CN(C)c1cccc2c(S(=O)(=O)N(CC(=O)N3C[C@@H](N)C[C@H]3C(=O)NCCN(Cc3ccccc3B(O)O)Cc3c4ccccc4cc4ccccc34)Cc3ccccc3B(O)O)cccc12. The van der Waals surface area contributed by atoms with Crippen LogP contribution in [0.3, 0.4) is 0 Å². The number of benzene rings is 7. The molecule has 17 heteroatoms. The third-order valence-electron chi connectivity index (χ3n) is 12.6. The first-order valence-electron chi connectivity index (χ1n) is 22.2. The Labute approximate surface area is 391 Å². The Morgan fingerprint density at radius 2 is 1.25 bits per heavy atom. The molecule has 7 N–H and O–H groups in total. The van der Waals surface area contributed by atoms with Gasteiger partial charge in [0.1, 0.15) is 6.04 Å². The minimum atomic E-state index is -4.46. The molecule has 1 fully saturated rings. The van der Waals surface area contributed by atoms with Gasteiger partial charge in [-0.2, -0.15) is 4.31 Å². The Morgan fingerprint density at radius 3 is 1.88 bits per heavy atom. The second-order valence-electron chi connectivity index (χ2n) is 17.3. The molecular formula is C50H54B2N6O8S. The second-order valence-corrected chi connectivity index (χ2v) is 19.2. The van der Waals surface area contributed by atoms with Crippen LogP contribution in [0, 0.1) is 0 Å². The monoisotopic (exact) mass is 920 g/mol. The Kier molecular flexibility index (Phi) is 14.4. The number of hydrogen-bond donors (Lipinski definition) is 6. The molecule has 0 unspecified atom stereocenters. The average Bonchev–Trinajstić information content (AvgIpc) is 3.72. The fraction of sp³-hybridized carbons (Fsp3) is 0.240. The predicted octanol–water partition coefficient (Wildman–Crippen LogP) is 2.51. The molecule has 14 nitrogen and oxygen atoms in total. The number of anilines is 1. The van der Waals surface area contributed by atoms with E-state index in [9.17, 15) is 38.1 Å². The van der Waals surface area contributed by atoms with Crippen molar-refractivity contribution in [2.45, 2.75) is 43.0 Å². The van der Waals surface area contributed by atoms with Crippen molar-refractivity contribution >= 4 is 85.0 Å². The highest BCUT2D eigenvalue weighted by Gasteiger charge is 2.40. The van der Waals surface area contributed by atoms with Crippen LogP contribution in [0.5, 0.6) is 0 Å². The smallest absolute Gasteiger partial charge is 0.423 e. The van der Waals surface area contributed by atoms with Crippen molar-refractivity contribution in [3.63, 3.8) is 0 Å². The Morgan fingerprint density at radius 1 is 0.701 bits per heavy atom. The van der Waals surface area contributed by atoms with Crippen molar-refractivity contribution in [1.29, 1.82) is 0 Å². The van der Waals surface area contributed by atoms with Crippen molar-refractivity contribution in [2.75, 3.05) is 45.2 Å². The molecule has 0 spiro atoms. The topological polar surface area (TPSA) is 200 Å². The number of sulfonamides is 1. The number of amides is 2. The summed E-state index contributed by atoms with van der Waals surface area (Å²) in [6, 6.07) is 40.7. The van der Waals surface area contributed by atoms with E-state index < -0.39 is 54.7 Å². The highest BCUT2D eigenvalue weighted by molar-refractivity contribution is 7.89. The van der Waals surface area contributed by atoms with Gasteiger partial charge in [0.25, 0.3) is 0 Å². The van der Waals surface area contributed by atoms with E-state index in [2.05, 4.69) is 40.5 Å². The van der Waals surface area contributed by atoms with Gasteiger partial charge in [0, 0.05) is 75.9 Å². The van der Waals surface area contributed by atoms with Crippen molar-refractivity contribution in [2.24, 2.45) is 5.73 Å². The Bertz CT molecular complexity index is 2990. The van der Waals surface area contributed by atoms with E-state index in [-0.39, 0.29) is 42.0 Å². The zero-order valence-corrected chi connectivity index (χ0v) is 38.3. The van der Waals surface area contributed by atoms with Gasteiger partial charge in [-0.05, 0) is 73.8 Å². The lowest BCUT2D eigenvalue weighted by Gasteiger charge is -2.29. The van der Waals surface area contributed by atoms with E-state index in [1.165, 1.54) is 17.0 Å². The molecule has 0 radical (unpaired) electrons. The number of fused-ring (bicyclic) bond motifs is 3. The van der Waals surface area contributed by atoms with Crippen LogP contribution in [0.25, 0.3) is 32.3 Å². The van der Waals surface area contributed by atoms with Crippen LogP contribution in [-0.4, -0.2) is 121 Å². The van der Waals surface area contributed by atoms with Crippen molar-refractivity contribution in [1.82, 2.24) is 19.4 Å². The summed E-state index contributed by atoms with van der Waals surface area (Å²) in [5.74, 6) is -1.09. The summed E-state index contributed by atoms with van der Waals surface area (Å²) in [5.41, 5.74) is 9.77. The molecule has 7 aromatic carbocycles. The van der Waals surface area contributed by atoms with Gasteiger partial charge in [0.2, 0.25) is 21.8 Å². The van der Waals surface area contributed by atoms with Crippen molar-refractivity contribution in [3.8, 4) is 0 Å². The van der Waals surface area contributed by atoms with E-state index >= 15 is 0 Å². The number of carbonyl (C=O) groups excluding carboxylic acids is 2. The summed E-state index contributed by atoms with van der Waals surface area (Å²) in [7, 11) is -4.33. The largest absolute Gasteiger partial charge is 0.488 e. The summed E-state index contributed by atoms with van der Waals surface area (Å²) >= 11 is 0. The fourth-order valence-corrected chi connectivity index (χ4v) is 10.9. The van der Waals surface area contributed by atoms with Crippen LogP contribution in [0.2, 0.25) is 0 Å². The van der Waals surface area contributed by atoms with E-state index in [1.807, 2.05) is 67.5 Å². The van der Waals surface area contributed by atoms with E-state index in [4.69, 9.17) is 5.73 Å². The van der Waals surface area contributed by atoms with Gasteiger partial charge < -0.3 is 40.9 Å². The highest BCUT2D eigenvalue weighted by atomic mass is 32.2. The molecule has 1 aliphatic heterocycles. The summed E-state index contributed by atoms with van der Waals surface area (Å²) in [5, 5.41) is 49.5. The molecule has 0 aromatic heterocycles. The van der Waals surface area contributed by atoms with Gasteiger partial charge >= 0.3 is 14.2 Å². The number of nitrogens with zero attached hydrogens (tertiary/aromatic N) is 4. The van der Waals surface area contributed by atoms with Gasteiger partial charge in [-0.25, -0.2) is 8.42 Å². The molecular weight excluding hydrogens is 866 g/mol. The van der Waals surface area contributed by atoms with E-state index in [0.717, 1.165) is 37.1 Å². The molecule has 2 amide bonds. The van der Waals surface area contributed by atoms with Gasteiger partial charge in [0.15, 0.2) is 0 Å².